The molecule has 3 N–H and O–H groups in total. The number of methoxy groups -OCH3 is 1. The van der Waals surface area contributed by atoms with E-state index in [1.807, 2.05) is 36.4 Å². The molecule has 0 spiro atoms. The van der Waals surface area contributed by atoms with Crippen molar-refractivity contribution in [2.45, 2.75) is 5.92 Å². The molecule has 0 radical (unpaired) electrons. The van der Waals surface area contributed by atoms with Gasteiger partial charge in [-0.05, 0) is 40.5 Å². The number of carbonyl (C=O) groups excluding carboxylic acids is 1. The van der Waals surface area contributed by atoms with Crippen LogP contribution < -0.4 is 10.1 Å². The third-order valence-corrected chi connectivity index (χ3v) is 5.79. The summed E-state index contributed by atoms with van der Waals surface area (Å²) in [5.74, 6) is -0.728. The molecule has 0 saturated carbocycles. The molecule has 5 rings (SSSR count). The third kappa shape index (κ3) is 3.24. The normalized spacial score (nSPS) is 12.3. The van der Waals surface area contributed by atoms with E-state index in [0.29, 0.717) is 16.7 Å². The number of anilines is 1. The summed E-state index contributed by atoms with van der Waals surface area (Å²) in [5.41, 5.74) is 5.06. The zero-order chi connectivity index (χ0) is 22.2. The van der Waals surface area contributed by atoms with E-state index in [-0.39, 0.29) is 23.9 Å². The number of carbonyl (C=O) groups is 2. The molecule has 0 bridgehead atoms. The summed E-state index contributed by atoms with van der Waals surface area (Å²) in [4.78, 5) is 27.2. The SMILES string of the molecule is COc1ccc2[nH]c(C(=O)O)c(NC(=O)OCC3c4ccccc4-c4ccccc43)c2c1. The number of hydrogen-bond acceptors (Lipinski definition) is 4. The van der Waals surface area contributed by atoms with Gasteiger partial charge in [0.2, 0.25) is 0 Å². The quantitative estimate of drug-likeness (QED) is 0.404. The van der Waals surface area contributed by atoms with Gasteiger partial charge in [-0.25, -0.2) is 9.59 Å². The lowest BCUT2D eigenvalue weighted by Crippen LogP contribution is -2.19. The van der Waals surface area contributed by atoms with Crippen molar-refractivity contribution < 1.29 is 24.2 Å². The average molecular weight is 428 g/mol. The van der Waals surface area contributed by atoms with Crippen LogP contribution in [-0.2, 0) is 4.74 Å². The first-order chi connectivity index (χ1) is 15.6. The number of H-pyrrole nitrogens is 1. The van der Waals surface area contributed by atoms with Gasteiger partial charge in [-0.2, -0.15) is 0 Å². The summed E-state index contributed by atoms with van der Waals surface area (Å²) in [6.07, 6.45) is -0.724. The Morgan fingerprint density at radius 2 is 1.66 bits per heavy atom. The Morgan fingerprint density at radius 1 is 1.00 bits per heavy atom. The van der Waals surface area contributed by atoms with Gasteiger partial charge in [0, 0.05) is 16.8 Å². The molecule has 160 valence electrons. The average Bonchev–Trinajstić information content (AvgIpc) is 3.33. The van der Waals surface area contributed by atoms with Crippen LogP contribution in [0, 0.1) is 0 Å². The molecule has 0 fully saturated rings. The predicted molar refractivity (Wildman–Crippen MR) is 121 cm³/mol. The minimum Gasteiger partial charge on any atom is -0.497 e. The van der Waals surface area contributed by atoms with Crippen molar-refractivity contribution in [3.8, 4) is 16.9 Å². The number of carboxylic acid groups (broad SMARTS) is 1. The minimum absolute atomic E-state index is 0.0878. The second-order valence-corrected chi connectivity index (χ2v) is 7.54. The van der Waals surface area contributed by atoms with Crippen LogP contribution in [0.4, 0.5) is 10.5 Å². The molecule has 0 unspecified atom stereocenters. The first kappa shape index (κ1) is 19.7. The maximum atomic E-state index is 12.7. The molecule has 1 aliphatic carbocycles. The van der Waals surface area contributed by atoms with Gasteiger partial charge in [0.1, 0.15) is 18.1 Å². The fraction of sp³-hybridized carbons (Fsp3) is 0.120. The second-order valence-electron chi connectivity index (χ2n) is 7.54. The van der Waals surface area contributed by atoms with Crippen LogP contribution in [-0.4, -0.2) is 35.9 Å². The summed E-state index contributed by atoms with van der Waals surface area (Å²) in [6.45, 7) is 0.133. The summed E-state index contributed by atoms with van der Waals surface area (Å²) in [5, 5.41) is 12.7. The highest BCUT2D eigenvalue weighted by atomic mass is 16.5. The Balaban J connectivity index is 1.40. The maximum Gasteiger partial charge on any atom is 0.411 e. The second kappa shape index (κ2) is 7.77. The van der Waals surface area contributed by atoms with Crippen molar-refractivity contribution in [3.63, 3.8) is 0 Å². The van der Waals surface area contributed by atoms with E-state index in [1.54, 1.807) is 18.2 Å². The van der Waals surface area contributed by atoms with Gasteiger partial charge < -0.3 is 19.6 Å². The highest BCUT2D eigenvalue weighted by molar-refractivity contribution is 6.09. The molecule has 7 nitrogen and oxygen atoms in total. The molecule has 0 atom stereocenters. The van der Waals surface area contributed by atoms with Gasteiger partial charge in [0.25, 0.3) is 0 Å². The lowest BCUT2D eigenvalue weighted by molar-refractivity contribution is 0.0692. The van der Waals surface area contributed by atoms with E-state index in [2.05, 4.69) is 22.4 Å². The number of hydrogen-bond donors (Lipinski definition) is 3. The molecule has 7 heteroatoms. The number of benzene rings is 3. The third-order valence-electron chi connectivity index (χ3n) is 5.79. The lowest BCUT2D eigenvalue weighted by Gasteiger charge is -2.14. The lowest BCUT2D eigenvalue weighted by atomic mass is 9.98. The first-order valence-electron chi connectivity index (χ1n) is 10.1. The number of rotatable bonds is 5. The van der Waals surface area contributed by atoms with E-state index < -0.39 is 12.1 Å². The number of aromatic amines is 1. The number of carboxylic acids is 1. The topological polar surface area (TPSA) is 101 Å². The van der Waals surface area contributed by atoms with Crippen molar-refractivity contribution in [1.29, 1.82) is 0 Å². The zero-order valence-electron chi connectivity index (χ0n) is 17.2. The monoisotopic (exact) mass is 428 g/mol. The van der Waals surface area contributed by atoms with Crippen LogP contribution in [0.3, 0.4) is 0 Å². The van der Waals surface area contributed by atoms with E-state index in [9.17, 15) is 14.7 Å². The molecule has 1 aliphatic rings. The smallest absolute Gasteiger partial charge is 0.411 e. The molecular formula is C25H20N2O5. The summed E-state index contributed by atoms with van der Waals surface area (Å²) in [7, 11) is 1.52. The summed E-state index contributed by atoms with van der Waals surface area (Å²) >= 11 is 0. The standard InChI is InChI=1S/C25H20N2O5/c1-31-14-10-11-21-19(12-14)22(23(26-21)24(28)29)27-25(30)32-13-20-17-8-4-2-6-15(17)16-7-3-5-9-18(16)20/h2-12,20,26H,13H2,1H3,(H,27,30)(H,28,29). The van der Waals surface area contributed by atoms with Crippen molar-refractivity contribution >= 4 is 28.7 Å². The Hall–Kier alpha value is -4.26. The minimum atomic E-state index is -1.19. The summed E-state index contributed by atoms with van der Waals surface area (Å²) in [6, 6.07) is 21.2. The van der Waals surface area contributed by atoms with E-state index in [0.717, 1.165) is 22.3 Å². The fourth-order valence-electron chi connectivity index (χ4n) is 4.32. The van der Waals surface area contributed by atoms with Crippen molar-refractivity contribution in [2.24, 2.45) is 0 Å². The highest BCUT2D eigenvalue weighted by Crippen LogP contribution is 2.44. The fourth-order valence-corrected chi connectivity index (χ4v) is 4.32. The van der Waals surface area contributed by atoms with E-state index in [1.165, 1.54) is 7.11 Å². The Bertz CT molecular complexity index is 1310. The molecule has 32 heavy (non-hydrogen) atoms. The van der Waals surface area contributed by atoms with Crippen LogP contribution in [0.1, 0.15) is 27.5 Å². The number of ether oxygens (including phenoxy) is 2. The van der Waals surface area contributed by atoms with Gasteiger partial charge >= 0.3 is 12.1 Å². The first-order valence-corrected chi connectivity index (χ1v) is 10.1. The molecule has 4 aromatic rings. The van der Waals surface area contributed by atoms with Gasteiger partial charge in [0.15, 0.2) is 0 Å². The van der Waals surface area contributed by atoms with Crippen molar-refractivity contribution in [3.05, 3.63) is 83.6 Å². The maximum absolute atomic E-state index is 12.7. The Labute approximate surface area is 183 Å². The number of aromatic nitrogens is 1. The zero-order valence-corrected chi connectivity index (χ0v) is 17.2. The molecule has 1 heterocycles. The number of nitrogens with one attached hydrogen (secondary N) is 2. The van der Waals surface area contributed by atoms with Crippen LogP contribution in [0.15, 0.2) is 66.7 Å². The van der Waals surface area contributed by atoms with Crippen molar-refractivity contribution in [1.82, 2.24) is 4.98 Å². The van der Waals surface area contributed by atoms with Crippen LogP contribution in [0.5, 0.6) is 5.75 Å². The molecule has 3 aromatic carbocycles. The van der Waals surface area contributed by atoms with Crippen LogP contribution >= 0.6 is 0 Å². The van der Waals surface area contributed by atoms with E-state index >= 15 is 0 Å². The van der Waals surface area contributed by atoms with Crippen molar-refractivity contribution in [2.75, 3.05) is 19.0 Å². The number of fused-ring (bicyclic) bond motifs is 4. The summed E-state index contributed by atoms with van der Waals surface area (Å²) < 4.78 is 10.8. The molecule has 0 saturated heterocycles. The Morgan fingerprint density at radius 3 is 2.28 bits per heavy atom. The molecule has 1 aromatic heterocycles. The van der Waals surface area contributed by atoms with Gasteiger partial charge in [-0.1, -0.05) is 48.5 Å². The van der Waals surface area contributed by atoms with Gasteiger partial charge in [-0.3, -0.25) is 5.32 Å². The number of amides is 1. The van der Waals surface area contributed by atoms with E-state index in [4.69, 9.17) is 9.47 Å². The molecule has 1 amide bonds. The molecule has 0 aliphatic heterocycles. The number of aromatic carboxylic acids is 1. The van der Waals surface area contributed by atoms with Gasteiger partial charge in [0.05, 0.1) is 12.8 Å². The predicted octanol–water partition coefficient (Wildman–Crippen LogP) is 5.24. The highest BCUT2D eigenvalue weighted by Gasteiger charge is 2.29. The van der Waals surface area contributed by atoms with Gasteiger partial charge in [-0.15, -0.1) is 0 Å². The van der Waals surface area contributed by atoms with Crippen LogP contribution in [0.2, 0.25) is 0 Å². The Kier molecular flexibility index (Phi) is 4.78. The van der Waals surface area contributed by atoms with Crippen LogP contribution in [0.25, 0.3) is 22.0 Å². The largest absolute Gasteiger partial charge is 0.497 e. The molecular weight excluding hydrogens is 408 g/mol.